The Balaban J connectivity index is 1.47. The fraction of sp³-hybridized carbons (Fsp3) is 0.389. The van der Waals surface area contributed by atoms with Crippen LogP contribution in [0.2, 0.25) is 0 Å². The molecular formula is C18H21N5O3S. The van der Waals surface area contributed by atoms with Gasteiger partial charge in [-0.15, -0.1) is 0 Å². The van der Waals surface area contributed by atoms with Gasteiger partial charge in [0.25, 0.3) is 10.0 Å². The zero-order chi connectivity index (χ0) is 18.9. The number of hydrogen-bond donors (Lipinski definition) is 1. The van der Waals surface area contributed by atoms with E-state index in [-0.39, 0.29) is 10.9 Å². The largest absolute Gasteiger partial charge is 0.339 e. The predicted molar refractivity (Wildman–Crippen MR) is 98.2 cm³/mol. The van der Waals surface area contributed by atoms with E-state index < -0.39 is 10.0 Å². The molecule has 9 heteroatoms. The second-order valence-electron chi connectivity index (χ2n) is 6.82. The molecule has 1 saturated heterocycles. The van der Waals surface area contributed by atoms with Crippen molar-refractivity contribution in [1.82, 2.24) is 24.4 Å². The Kier molecular flexibility index (Phi) is 4.79. The number of sulfonamides is 1. The third-order valence-corrected chi connectivity index (χ3v) is 6.68. The Morgan fingerprint density at radius 2 is 2.19 bits per heavy atom. The monoisotopic (exact) mass is 387 g/mol. The topological polar surface area (TPSA) is 105 Å². The summed E-state index contributed by atoms with van der Waals surface area (Å²) in [6, 6.07) is 7.88. The molecule has 3 heterocycles. The standard InChI is InChI=1S/C18H21N5O3S/c1-13-5-2-3-7-15(13)18-21-16(26-22-18)9-14-6-4-8-23(11-14)27(24,25)17-10-19-12-20-17/h2-3,5,7,10,12,14H,4,6,8-9,11H2,1H3,(H,19,20). The Hall–Kier alpha value is -2.52. The highest BCUT2D eigenvalue weighted by molar-refractivity contribution is 7.89. The minimum atomic E-state index is -3.54. The number of nitrogens with zero attached hydrogens (tertiary/aromatic N) is 4. The van der Waals surface area contributed by atoms with Gasteiger partial charge >= 0.3 is 0 Å². The lowest BCUT2D eigenvalue weighted by Gasteiger charge is -2.30. The molecule has 0 bridgehead atoms. The Bertz CT molecular complexity index is 1010. The molecule has 2 aromatic heterocycles. The minimum Gasteiger partial charge on any atom is -0.339 e. The van der Waals surface area contributed by atoms with Gasteiger partial charge in [0, 0.05) is 25.1 Å². The molecule has 1 fully saturated rings. The van der Waals surface area contributed by atoms with E-state index in [2.05, 4.69) is 20.1 Å². The van der Waals surface area contributed by atoms with Crippen LogP contribution in [0.3, 0.4) is 0 Å². The van der Waals surface area contributed by atoms with Gasteiger partial charge in [0.05, 0.1) is 12.5 Å². The summed E-state index contributed by atoms with van der Waals surface area (Å²) in [5, 5.41) is 4.22. The Labute approximate surface area is 157 Å². The summed E-state index contributed by atoms with van der Waals surface area (Å²) in [5.41, 5.74) is 2.03. The molecule has 1 aliphatic rings. The first-order valence-electron chi connectivity index (χ1n) is 8.91. The number of nitrogens with one attached hydrogen (secondary N) is 1. The molecule has 0 aliphatic carbocycles. The number of rotatable bonds is 5. The summed E-state index contributed by atoms with van der Waals surface area (Å²) >= 11 is 0. The predicted octanol–water partition coefficient (Wildman–Crippen LogP) is 2.41. The van der Waals surface area contributed by atoms with Crippen molar-refractivity contribution in [2.75, 3.05) is 13.1 Å². The van der Waals surface area contributed by atoms with Crippen molar-refractivity contribution in [3.63, 3.8) is 0 Å². The van der Waals surface area contributed by atoms with Crippen LogP contribution >= 0.6 is 0 Å². The number of aryl methyl sites for hydroxylation is 1. The summed E-state index contributed by atoms with van der Waals surface area (Å²) < 4.78 is 32.3. The Morgan fingerprint density at radius 3 is 2.96 bits per heavy atom. The molecule has 4 rings (SSSR count). The molecule has 8 nitrogen and oxygen atoms in total. The summed E-state index contributed by atoms with van der Waals surface area (Å²) in [5.74, 6) is 1.25. The highest BCUT2D eigenvalue weighted by Crippen LogP contribution is 2.26. The smallest absolute Gasteiger partial charge is 0.260 e. The molecule has 0 amide bonds. The second-order valence-corrected chi connectivity index (χ2v) is 8.72. The van der Waals surface area contributed by atoms with E-state index in [1.807, 2.05) is 31.2 Å². The van der Waals surface area contributed by atoms with Crippen LogP contribution in [0.25, 0.3) is 11.4 Å². The highest BCUT2D eigenvalue weighted by Gasteiger charge is 2.32. The van der Waals surface area contributed by atoms with Crippen molar-refractivity contribution >= 4 is 10.0 Å². The van der Waals surface area contributed by atoms with Gasteiger partial charge in [0.15, 0.2) is 5.03 Å². The molecule has 0 spiro atoms. The van der Waals surface area contributed by atoms with Gasteiger partial charge in [-0.3, -0.25) is 0 Å². The van der Waals surface area contributed by atoms with E-state index >= 15 is 0 Å². The molecule has 142 valence electrons. The molecule has 1 aromatic carbocycles. The second kappa shape index (κ2) is 7.24. The lowest BCUT2D eigenvalue weighted by Crippen LogP contribution is -2.40. The maximum absolute atomic E-state index is 12.7. The molecule has 0 radical (unpaired) electrons. The van der Waals surface area contributed by atoms with Crippen molar-refractivity contribution in [3.05, 3.63) is 48.2 Å². The van der Waals surface area contributed by atoms with Gasteiger partial charge < -0.3 is 9.51 Å². The summed E-state index contributed by atoms with van der Waals surface area (Å²) in [6.07, 6.45) is 5.01. The molecule has 27 heavy (non-hydrogen) atoms. The third kappa shape index (κ3) is 3.65. The van der Waals surface area contributed by atoms with Gasteiger partial charge in [-0.25, -0.2) is 13.4 Å². The summed E-state index contributed by atoms with van der Waals surface area (Å²) in [7, 11) is -3.54. The number of benzene rings is 1. The van der Waals surface area contributed by atoms with E-state index in [4.69, 9.17) is 4.52 Å². The van der Waals surface area contributed by atoms with Crippen LogP contribution in [0.15, 0.2) is 46.3 Å². The third-order valence-electron chi connectivity index (χ3n) is 4.89. The van der Waals surface area contributed by atoms with Crippen LogP contribution in [0.5, 0.6) is 0 Å². The average Bonchev–Trinajstić information content (AvgIpc) is 3.35. The summed E-state index contributed by atoms with van der Waals surface area (Å²) in [6.45, 7) is 2.95. The maximum Gasteiger partial charge on any atom is 0.260 e. The van der Waals surface area contributed by atoms with E-state index in [0.29, 0.717) is 31.2 Å². The zero-order valence-electron chi connectivity index (χ0n) is 15.0. The van der Waals surface area contributed by atoms with Crippen LogP contribution < -0.4 is 0 Å². The first kappa shape index (κ1) is 17.9. The number of hydrogen-bond acceptors (Lipinski definition) is 6. The number of piperidine rings is 1. The van der Waals surface area contributed by atoms with Gasteiger partial charge in [-0.2, -0.15) is 9.29 Å². The van der Waals surface area contributed by atoms with Crippen molar-refractivity contribution in [1.29, 1.82) is 0 Å². The van der Waals surface area contributed by atoms with Crippen LogP contribution in [0, 0.1) is 12.8 Å². The number of H-pyrrole nitrogens is 1. The van der Waals surface area contributed by atoms with Gasteiger partial charge in [-0.1, -0.05) is 29.4 Å². The van der Waals surface area contributed by atoms with E-state index in [1.54, 1.807) is 0 Å². The molecule has 1 atom stereocenters. The van der Waals surface area contributed by atoms with Gasteiger partial charge in [-0.05, 0) is 31.2 Å². The van der Waals surface area contributed by atoms with E-state index in [9.17, 15) is 8.42 Å². The number of imidazole rings is 1. The quantitative estimate of drug-likeness (QED) is 0.721. The average molecular weight is 387 g/mol. The Morgan fingerprint density at radius 1 is 1.33 bits per heavy atom. The fourth-order valence-corrected chi connectivity index (χ4v) is 4.90. The van der Waals surface area contributed by atoms with Crippen molar-refractivity contribution < 1.29 is 12.9 Å². The van der Waals surface area contributed by atoms with Gasteiger partial charge in [0.1, 0.15) is 0 Å². The number of aromatic nitrogens is 4. The van der Waals surface area contributed by atoms with Crippen molar-refractivity contribution in [3.8, 4) is 11.4 Å². The fourth-order valence-electron chi connectivity index (χ4n) is 3.45. The molecule has 1 N–H and O–H groups in total. The van der Waals surface area contributed by atoms with E-state index in [0.717, 1.165) is 24.0 Å². The normalized spacial score (nSPS) is 18.6. The molecule has 3 aromatic rings. The van der Waals surface area contributed by atoms with Crippen LogP contribution in [-0.4, -0.2) is 45.9 Å². The molecular weight excluding hydrogens is 366 g/mol. The van der Waals surface area contributed by atoms with Crippen molar-refractivity contribution in [2.45, 2.75) is 31.2 Å². The van der Waals surface area contributed by atoms with Gasteiger partial charge in [0.2, 0.25) is 11.7 Å². The lowest BCUT2D eigenvalue weighted by molar-refractivity contribution is 0.246. The minimum absolute atomic E-state index is 0.128. The summed E-state index contributed by atoms with van der Waals surface area (Å²) in [4.78, 5) is 11.0. The molecule has 0 saturated carbocycles. The van der Waals surface area contributed by atoms with Crippen molar-refractivity contribution in [2.24, 2.45) is 5.92 Å². The highest BCUT2D eigenvalue weighted by atomic mass is 32.2. The van der Waals surface area contributed by atoms with Crippen LogP contribution in [-0.2, 0) is 16.4 Å². The van der Waals surface area contributed by atoms with Crippen LogP contribution in [0.1, 0.15) is 24.3 Å². The first-order valence-corrected chi connectivity index (χ1v) is 10.3. The number of aromatic amines is 1. The van der Waals surface area contributed by atoms with Crippen LogP contribution in [0.4, 0.5) is 0 Å². The molecule has 1 unspecified atom stereocenters. The zero-order valence-corrected chi connectivity index (χ0v) is 15.8. The lowest BCUT2D eigenvalue weighted by atomic mass is 9.96. The maximum atomic E-state index is 12.7. The molecule has 1 aliphatic heterocycles. The van der Waals surface area contributed by atoms with E-state index in [1.165, 1.54) is 16.8 Å². The SMILES string of the molecule is Cc1ccccc1-c1noc(CC2CCCN(S(=O)(=O)c3cnc[nH]3)C2)n1. The first-order chi connectivity index (χ1) is 13.0.